The SMILES string of the molecule is CON=[C]c1ccc(OC(C(F)F)C(Cl)Cl)cc1. The fraction of sp³-hybridized carbons (Fsp3) is 0.364. The zero-order chi connectivity index (χ0) is 13.5. The number of rotatable bonds is 6. The molecule has 0 spiro atoms. The maximum Gasteiger partial charge on any atom is 0.277 e. The number of alkyl halides is 4. The quantitative estimate of drug-likeness (QED) is 0.458. The lowest BCUT2D eigenvalue weighted by Gasteiger charge is -2.18. The lowest BCUT2D eigenvalue weighted by atomic mass is 10.2. The molecule has 0 amide bonds. The molecule has 0 bridgehead atoms. The summed E-state index contributed by atoms with van der Waals surface area (Å²) < 4.78 is 30.1. The van der Waals surface area contributed by atoms with Crippen molar-refractivity contribution < 1.29 is 18.4 Å². The number of halogens is 4. The van der Waals surface area contributed by atoms with Gasteiger partial charge in [-0.25, -0.2) is 8.78 Å². The van der Waals surface area contributed by atoms with Crippen LogP contribution in [0.15, 0.2) is 29.4 Å². The van der Waals surface area contributed by atoms with Gasteiger partial charge in [-0.2, -0.15) is 0 Å². The lowest BCUT2D eigenvalue weighted by Crippen LogP contribution is -2.31. The third-order valence-corrected chi connectivity index (χ3v) is 2.39. The van der Waals surface area contributed by atoms with Crippen molar-refractivity contribution in [2.75, 3.05) is 7.11 Å². The first-order chi connectivity index (χ1) is 8.54. The summed E-state index contributed by atoms with van der Waals surface area (Å²) in [4.78, 5) is 3.14. The average molecular weight is 297 g/mol. The molecule has 1 aromatic rings. The van der Waals surface area contributed by atoms with Crippen LogP contribution in [0.4, 0.5) is 8.78 Å². The van der Waals surface area contributed by atoms with E-state index >= 15 is 0 Å². The normalized spacial score (nSPS) is 13.3. The van der Waals surface area contributed by atoms with E-state index in [1.807, 2.05) is 0 Å². The van der Waals surface area contributed by atoms with Crippen molar-refractivity contribution in [2.45, 2.75) is 17.4 Å². The van der Waals surface area contributed by atoms with Gasteiger partial charge in [-0.1, -0.05) is 5.16 Å². The second kappa shape index (κ2) is 7.38. The molecule has 1 atom stereocenters. The van der Waals surface area contributed by atoms with Gasteiger partial charge in [0, 0.05) is 5.56 Å². The molecule has 3 nitrogen and oxygen atoms in total. The number of hydrogen-bond donors (Lipinski definition) is 0. The van der Waals surface area contributed by atoms with Gasteiger partial charge in [-0.05, 0) is 24.3 Å². The molecule has 0 fully saturated rings. The minimum absolute atomic E-state index is 0.231. The smallest absolute Gasteiger partial charge is 0.277 e. The standard InChI is InChI=1S/C11H10Cl2F2NO2/c1-17-16-6-7-2-4-8(5-3-7)18-9(10(12)13)11(14)15/h2-5,9-11H,1H3. The summed E-state index contributed by atoms with van der Waals surface area (Å²) in [5, 5.41) is 3.44. The van der Waals surface area contributed by atoms with Crippen LogP contribution in [0.3, 0.4) is 0 Å². The Hall–Kier alpha value is -1.07. The fourth-order valence-electron chi connectivity index (χ4n) is 1.08. The van der Waals surface area contributed by atoms with Crippen LogP contribution >= 0.6 is 23.2 Å². The Morgan fingerprint density at radius 1 is 1.22 bits per heavy atom. The van der Waals surface area contributed by atoms with Gasteiger partial charge in [-0.3, -0.25) is 0 Å². The number of ether oxygens (including phenoxy) is 1. The second-order valence-corrected chi connectivity index (χ2v) is 4.33. The molecule has 0 aliphatic heterocycles. The van der Waals surface area contributed by atoms with E-state index in [1.165, 1.54) is 19.2 Å². The first-order valence-electron chi connectivity index (χ1n) is 4.87. The highest BCUT2D eigenvalue weighted by Crippen LogP contribution is 2.22. The largest absolute Gasteiger partial charge is 0.482 e. The molecule has 7 heteroatoms. The molecule has 0 saturated carbocycles. The van der Waals surface area contributed by atoms with Crippen molar-refractivity contribution in [3.8, 4) is 5.75 Å². The Labute approximate surface area is 113 Å². The molecule has 1 aromatic carbocycles. The van der Waals surface area contributed by atoms with Crippen LogP contribution in [-0.2, 0) is 4.84 Å². The van der Waals surface area contributed by atoms with E-state index in [0.29, 0.717) is 5.56 Å². The Kier molecular flexibility index (Phi) is 6.15. The molecule has 18 heavy (non-hydrogen) atoms. The van der Waals surface area contributed by atoms with Gasteiger partial charge in [0.25, 0.3) is 6.43 Å². The fourth-order valence-corrected chi connectivity index (χ4v) is 1.40. The molecule has 1 unspecified atom stereocenters. The third kappa shape index (κ3) is 4.66. The molecular weight excluding hydrogens is 287 g/mol. The molecule has 1 radical (unpaired) electrons. The predicted molar refractivity (Wildman–Crippen MR) is 65.9 cm³/mol. The lowest BCUT2D eigenvalue weighted by molar-refractivity contribution is 0.0195. The van der Waals surface area contributed by atoms with Gasteiger partial charge in [0.2, 0.25) is 0 Å². The van der Waals surface area contributed by atoms with Crippen molar-refractivity contribution in [2.24, 2.45) is 5.16 Å². The van der Waals surface area contributed by atoms with E-state index < -0.39 is 17.4 Å². The van der Waals surface area contributed by atoms with E-state index in [4.69, 9.17) is 27.9 Å². The van der Waals surface area contributed by atoms with E-state index in [-0.39, 0.29) is 5.75 Å². The van der Waals surface area contributed by atoms with Gasteiger partial charge < -0.3 is 9.57 Å². The molecule has 0 N–H and O–H groups in total. The Morgan fingerprint density at radius 2 is 1.83 bits per heavy atom. The highest BCUT2D eigenvalue weighted by atomic mass is 35.5. The molecule has 0 saturated heterocycles. The van der Waals surface area contributed by atoms with Crippen LogP contribution in [0, 0.1) is 0 Å². The minimum Gasteiger partial charge on any atom is -0.482 e. The van der Waals surface area contributed by atoms with Crippen molar-refractivity contribution in [1.82, 2.24) is 0 Å². The van der Waals surface area contributed by atoms with Crippen LogP contribution in [0.2, 0.25) is 0 Å². The maximum atomic E-state index is 12.5. The van der Waals surface area contributed by atoms with Crippen LogP contribution in [-0.4, -0.2) is 30.7 Å². The molecule has 0 aromatic heterocycles. The van der Waals surface area contributed by atoms with Crippen LogP contribution < -0.4 is 4.74 Å². The summed E-state index contributed by atoms with van der Waals surface area (Å²) in [5.74, 6) is 0.231. The first kappa shape index (κ1) is 15.0. The molecule has 0 aliphatic rings. The van der Waals surface area contributed by atoms with Crippen LogP contribution in [0.1, 0.15) is 5.56 Å². The van der Waals surface area contributed by atoms with E-state index in [2.05, 4.69) is 16.2 Å². The zero-order valence-electron chi connectivity index (χ0n) is 9.32. The van der Waals surface area contributed by atoms with E-state index in [9.17, 15) is 8.78 Å². The molecule has 1 rings (SSSR count). The Bertz CT molecular complexity index is 377. The topological polar surface area (TPSA) is 30.8 Å². The third-order valence-electron chi connectivity index (χ3n) is 1.89. The molecule has 0 aliphatic carbocycles. The van der Waals surface area contributed by atoms with Gasteiger partial charge in [0.1, 0.15) is 23.9 Å². The molecular formula is C11H10Cl2F2NO2. The summed E-state index contributed by atoms with van der Waals surface area (Å²) in [6.45, 7) is 0. The zero-order valence-corrected chi connectivity index (χ0v) is 10.8. The minimum atomic E-state index is -2.77. The predicted octanol–water partition coefficient (Wildman–Crippen LogP) is 3.36. The number of nitrogens with zero attached hydrogens (tertiary/aromatic N) is 1. The first-order valence-corrected chi connectivity index (χ1v) is 5.74. The maximum absolute atomic E-state index is 12.5. The monoisotopic (exact) mass is 296 g/mol. The van der Waals surface area contributed by atoms with Crippen molar-refractivity contribution in [3.05, 3.63) is 29.8 Å². The second-order valence-electron chi connectivity index (χ2n) is 3.16. The number of hydrogen-bond acceptors (Lipinski definition) is 3. The summed E-state index contributed by atoms with van der Waals surface area (Å²) in [5.41, 5.74) is 0.617. The Morgan fingerprint density at radius 3 is 2.28 bits per heavy atom. The Balaban J connectivity index is 2.70. The van der Waals surface area contributed by atoms with Crippen molar-refractivity contribution in [3.63, 3.8) is 0 Å². The van der Waals surface area contributed by atoms with Crippen molar-refractivity contribution in [1.29, 1.82) is 0 Å². The summed E-state index contributed by atoms with van der Waals surface area (Å²) in [7, 11) is 1.39. The molecule has 0 heterocycles. The summed E-state index contributed by atoms with van der Waals surface area (Å²) >= 11 is 10.8. The highest BCUT2D eigenvalue weighted by Gasteiger charge is 2.29. The highest BCUT2D eigenvalue weighted by molar-refractivity contribution is 6.44. The van der Waals surface area contributed by atoms with Crippen molar-refractivity contribution >= 4 is 29.4 Å². The molecule has 99 valence electrons. The van der Waals surface area contributed by atoms with Gasteiger partial charge in [0.15, 0.2) is 6.10 Å². The van der Waals surface area contributed by atoms with E-state index in [1.54, 1.807) is 12.1 Å². The van der Waals surface area contributed by atoms with Gasteiger partial charge >= 0.3 is 0 Å². The van der Waals surface area contributed by atoms with Gasteiger partial charge in [-0.15, -0.1) is 23.2 Å². The van der Waals surface area contributed by atoms with Gasteiger partial charge in [0.05, 0.1) is 0 Å². The summed E-state index contributed by atoms with van der Waals surface area (Å²) in [6, 6.07) is 6.13. The number of benzene rings is 1. The average Bonchev–Trinajstić information content (AvgIpc) is 2.34. The van der Waals surface area contributed by atoms with E-state index in [0.717, 1.165) is 0 Å². The van der Waals surface area contributed by atoms with Crippen LogP contribution in [0.5, 0.6) is 5.75 Å². The van der Waals surface area contributed by atoms with Crippen LogP contribution in [0.25, 0.3) is 0 Å². The summed E-state index contributed by atoms with van der Waals surface area (Å²) in [6.07, 6.45) is -1.78.